The van der Waals surface area contributed by atoms with Gasteiger partial charge >= 0.3 is 0 Å². The lowest BCUT2D eigenvalue weighted by atomic mass is 10.1. The number of anilines is 1. The Kier molecular flexibility index (Phi) is 4.55. The summed E-state index contributed by atoms with van der Waals surface area (Å²) < 4.78 is 0. The van der Waals surface area contributed by atoms with Gasteiger partial charge in [-0.05, 0) is 24.7 Å². The van der Waals surface area contributed by atoms with Gasteiger partial charge in [0.15, 0.2) is 0 Å². The lowest BCUT2D eigenvalue weighted by Crippen LogP contribution is -2.44. The van der Waals surface area contributed by atoms with E-state index < -0.39 is 0 Å². The molecule has 20 heavy (non-hydrogen) atoms. The minimum Gasteiger partial charge on any atom is -0.369 e. The van der Waals surface area contributed by atoms with Crippen LogP contribution in [-0.4, -0.2) is 69.2 Å². The smallest absolute Gasteiger partial charge is 0.0367 e. The minimum absolute atomic E-state index is 1.09. The Morgan fingerprint density at radius 2 is 1.55 bits per heavy atom. The van der Waals surface area contributed by atoms with Crippen molar-refractivity contribution >= 4 is 5.69 Å². The van der Waals surface area contributed by atoms with Crippen molar-refractivity contribution in [3.05, 3.63) is 29.8 Å². The fourth-order valence-electron chi connectivity index (χ4n) is 3.00. The highest BCUT2D eigenvalue weighted by Gasteiger charge is 2.14. The lowest BCUT2D eigenvalue weighted by Gasteiger charge is -2.32. The molecule has 0 unspecified atom stereocenters. The van der Waals surface area contributed by atoms with Crippen molar-refractivity contribution in [1.29, 1.82) is 0 Å². The quantitative estimate of drug-likeness (QED) is 0.882. The van der Waals surface area contributed by atoms with E-state index in [2.05, 4.69) is 51.3 Å². The molecule has 1 aromatic rings. The molecule has 0 saturated carbocycles. The van der Waals surface area contributed by atoms with Crippen molar-refractivity contribution in [2.24, 2.45) is 0 Å². The van der Waals surface area contributed by atoms with Crippen LogP contribution in [0.5, 0.6) is 0 Å². The minimum atomic E-state index is 1.09. The Balaban J connectivity index is 1.55. The molecule has 0 bridgehead atoms. The maximum atomic E-state index is 3.40. The lowest BCUT2D eigenvalue weighted by molar-refractivity contribution is 0.148. The average Bonchev–Trinajstić information content (AvgIpc) is 2.51. The van der Waals surface area contributed by atoms with E-state index in [4.69, 9.17) is 0 Å². The topological polar surface area (TPSA) is 21.8 Å². The van der Waals surface area contributed by atoms with Gasteiger partial charge in [-0.3, -0.25) is 4.90 Å². The van der Waals surface area contributed by atoms with Gasteiger partial charge in [0.1, 0.15) is 0 Å². The Bertz CT molecular complexity index is 403. The second-order valence-corrected chi connectivity index (χ2v) is 5.98. The third-order valence-electron chi connectivity index (χ3n) is 4.42. The SMILES string of the molecule is CN1CCN(Cc2ccc(N3CCNCC3)cc2)CC1. The number of likely N-dealkylation sites (N-methyl/N-ethyl adjacent to an activating group) is 1. The molecule has 110 valence electrons. The van der Waals surface area contributed by atoms with Crippen LogP contribution in [0.1, 0.15) is 5.56 Å². The van der Waals surface area contributed by atoms with E-state index >= 15 is 0 Å². The van der Waals surface area contributed by atoms with Gasteiger partial charge in [0, 0.05) is 64.6 Å². The standard InChI is InChI=1S/C16H26N4/c1-18-10-12-19(13-11-18)14-15-2-4-16(5-3-15)20-8-6-17-7-9-20/h2-5,17H,6-14H2,1H3. The Hall–Kier alpha value is -1.10. The van der Waals surface area contributed by atoms with Crippen LogP contribution in [0, 0.1) is 0 Å². The number of rotatable bonds is 3. The zero-order chi connectivity index (χ0) is 13.8. The molecule has 2 aliphatic rings. The first kappa shape index (κ1) is 13.9. The number of hydrogen-bond acceptors (Lipinski definition) is 4. The maximum absolute atomic E-state index is 3.40. The van der Waals surface area contributed by atoms with Crippen LogP contribution >= 0.6 is 0 Å². The van der Waals surface area contributed by atoms with Crippen LogP contribution in [0.2, 0.25) is 0 Å². The summed E-state index contributed by atoms with van der Waals surface area (Å²) in [6, 6.07) is 9.18. The van der Waals surface area contributed by atoms with E-state index in [0.29, 0.717) is 0 Å². The number of nitrogens with one attached hydrogen (secondary N) is 1. The Labute approximate surface area is 122 Å². The largest absolute Gasteiger partial charge is 0.369 e. The van der Waals surface area contributed by atoms with Crippen molar-refractivity contribution in [3.8, 4) is 0 Å². The van der Waals surface area contributed by atoms with Gasteiger partial charge < -0.3 is 15.1 Å². The van der Waals surface area contributed by atoms with E-state index in [1.807, 2.05) is 0 Å². The molecule has 4 nitrogen and oxygen atoms in total. The molecular weight excluding hydrogens is 248 g/mol. The van der Waals surface area contributed by atoms with Crippen LogP contribution < -0.4 is 10.2 Å². The average molecular weight is 274 g/mol. The first-order valence-electron chi connectivity index (χ1n) is 7.77. The van der Waals surface area contributed by atoms with Gasteiger partial charge in [0.05, 0.1) is 0 Å². The molecule has 0 amide bonds. The number of nitrogens with zero attached hydrogens (tertiary/aromatic N) is 3. The summed E-state index contributed by atoms with van der Waals surface area (Å²) >= 11 is 0. The maximum Gasteiger partial charge on any atom is 0.0367 e. The van der Waals surface area contributed by atoms with E-state index in [0.717, 1.165) is 32.7 Å². The fourth-order valence-corrected chi connectivity index (χ4v) is 3.00. The molecule has 1 aromatic carbocycles. The predicted octanol–water partition coefficient (Wildman–Crippen LogP) is 0.844. The highest BCUT2D eigenvalue weighted by Crippen LogP contribution is 2.17. The van der Waals surface area contributed by atoms with Crippen molar-refractivity contribution in [2.75, 3.05) is 64.3 Å². The summed E-state index contributed by atoms with van der Waals surface area (Å²) in [5.74, 6) is 0. The molecule has 3 rings (SSSR count). The molecule has 4 heteroatoms. The summed E-state index contributed by atoms with van der Waals surface area (Å²) in [5.41, 5.74) is 2.81. The molecule has 0 aromatic heterocycles. The molecule has 2 heterocycles. The van der Waals surface area contributed by atoms with Crippen molar-refractivity contribution < 1.29 is 0 Å². The van der Waals surface area contributed by atoms with E-state index in [1.165, 1.54) is 37.4 Å². The first-order valence-corrected chi connectivity index (χ1v) is 7.77. The summed E-state index contributed by atoms with van der Waals surface area (Å²) in [7, 11) is 2.21. The van der Waals surface area contributed by atoms with Crippen LogP contribution in [0.3, 0.4) is 0 Å². The summed E-state index contributed by atoms with van der Waals surface area (Å²) in [6.45, 7) is 10.3. The van der Waals surface area contributed by atoms with Gasteiger partial charge in [0.25, 0.3) is 0 Å². The zero-order valence-corrected chi connectivity index (χ0v) is 12.5. The van der Waals surface area contributed by atoms with Crippen molar-refractivity contribution in [1.82, 2.24) is 15.1 Å². The third kappa shape index (κ3) is 3.51. The van der Waals surface area contributed by atoms with Crippen molar-refractivity contribution in [2.45, 2.75) is 6.54 Å². The normalized spacial score (nSPS) is 22.1. The van der Waals surface area contributed by atoms with E-state index in [1.54, 1.807) is 0 Å². The van der Waals surface area contributed by atoms with Crippen LogP contribution in [0.15, 0.2) is 24.3 Å². The van der Waals surface area contributed by atoms with Gasteiger partial charge in [-0.25, -0.2) is 0 Å². The van der Waals surface area contributed by atoms with Gasteiger partial charge in [-0.2, -0.15) is 0 Å². The number of hydrogen-bond donors (Lipinski definition) is 1. The van der Waals surface area contributed by atoms with E-state index in [9.17, 15) is 0 Å². The molecule has 2 fully saturated rings. The van der Waals surface area contributed by atoms with Gasteiger partial charge in [-0.1, -0.05) is 12.1 Å². The van der Waals surface area contributed by atoms with Gasteiger partial charge in [-0.15, -0.1) is 0 Å². The monoisotopic (exact) mass is 274 g/mol. The third-order valence-corrected chi connectivity index (χ3v) is 4.42. The summed E-state index contributed by atoms with van der Waals surface area (Å²) in [5, 5.41) is 3.40. The summed E-state index contributed by atoms with van der Waals surface area (Å²) in [6.07, 6.45) is 0. The van der Waals surface area contributed by atoms with Crippen LogP contribution in [0.25, 0.3) is 0 Å². The first-order chi connectivity index (χ1) is 9.81. The predicted molar refractivity (Wildman–Crippen MR) is 84.3 cm³/mol. The zero-order valence-electron chi connectivity index (χ0n) is 12.5. The summed E-state index contributed by atoms with van der Waals surface area (Å²) in [4.78, 5) is 7.43. The molecule has 1 N–H and O–H groups in total. The second kappa shape index (κ2) is 6.57. The highest BCUT2D eigenvalue weighted by molar-refractivity contribution is 5.48. The second-order valence-electron chi connectivity index (χ2n) is 5.98. The Morgan fingerprint density at radius 3 is 2.20 bits per heavy atom. The highest BCUT2D eigenvalue weighted by atomic mass is 15.2. The van der Waals surface area contributed by atoms with Crippen molar-refractivity contribution in [3.63, 3.8) is 0 Å². The Morgan fingerprint density at radius 1 is 0.900 bits per heavy atom. The van der Waals surface area contributed by atoms with E-state index in [-0.39, 0.29) is 0 Å². The number of benzene rings is 1. The van der Waals surface area contributed by atoms with Crippen LogP contribution in [-0.2, 0) is 6.54 Å². The number of piperazine rings is 2. The molecule has 2 aliphatic heterocycles. The molecule has 0 spiro atoms. The molecular formula is C16H26N4. The molecule has 0 radical (unpaired) electrons. The van der Waals surface area contributed by atoms with Crippen LogP contribution in [0.4, 0.5) is 5.69 Å². The molecule has 0 aliphatic carbocycles. The fraction of sp³-hybridized carbons (Fsp3) is 0.625. The molecule has 0 atom stereocenters. The molecule has 2 saturated heterocycles. The van der Waals surface area contributed by atoms with Gasteiger partial charge in [0.2, 0.25) is 0 Å².